The number of fused-ring (bicyclic) bond motifs is 1. The van der Waals surface area contributed by atoms with E-state index in [0.717, 1.165) is 29.1 Å². The lowest BCUT2D eigenvalue weighted by Gasteiger charge is -2.29. The number of rotatable bonds is 8. The number of hydrogen-bond donors (Lipinski definition) is 0. The quantitative estimate of drug-likeness (QED) is 0.645. The van der Waals surface area contributed by atoms with E-state index in [1.807, 2.05) is 24.4 Å². The first-order valence-corrected chi connectivity index (χ1v) is 9.67. The number of thiazole rings is 1. The summed E-state index contributed by atoms with van der Waals surface area (Å²) < 4.78 is 15.7. The van der Waals surface area contributed by atoms with Crippen molar-refractivity contribution in [3.8, 4) is 17.0 Å². The molecule has 144 valence electrons. The zero-order chi connectivity index (χ0) is 19.2. The number of amides is 1. The number of aromatic nitrogens is 1. The first kappa shape index (κ1) is 19.3. The van der Waals surface area contributed by atoms with Crippen molar-refractivity contribution in [1.29, 1.82) is 0 Å². The van der Waals surface area contributed by atoms with Crippen LogP contribution in [0.3, 0.4) is 0 Å². The van der Waals surface area contributed by atoms with E-state index in [4.69, 9.17) is 14.2 Å². The molecule has 2 aromatic rings. The summed E-state index contributed by atoms with van der Waals surface area (Å²) in [6.45, 7) is 2.66. The minimum Gasteiger partial charge on any atom is -0.482 e. The SMILES string of the molecule is CCCOC(=O)CN1C(=O)COc2ccc(-c3csc(CCOC)n3)cc21. The van der Waals surface area contributed by atoms with Crippen LogP contribution in [0.1, 0.15) is 18.4 Å². The molecule has 27 heavy (non-hydrogen) atoms. The third kappa shape index (κ3) is 4.64. The highest BCUT2D eigenvalue weighted by molar-refractivity contribution is 7.09. The van der Waals surface area contributed by atoms with Crippen LogP contribution in [0.15, 0.2) is 23.6 Å². The summed E-state index contributed by atoms with van der Waals surface area (Å²) in [6, 6.07) is 5.53. The predicted molar refractivity (Wildman–Crippen MR) is 102 cm³/mol. The average Bonchev–Trinajstić information content (AvgIpc) is 3.15. The zero-order valence-corrected chi connectivity index (χ0v) is 16.2. The Morgan fingerprint density at radius 1 is 1.37 bits per heavy atom. The fourth-order valence-corrected chi connectivity index (χ4v) is 3.46. The minimum absolute atomic E-state index is 0.0920. The molecule has 1 aromatic heterocycles. The molecule has 3 rings (SSSR count). The van der Waals surface area contributed by atoms with Crippen LogP contribution >= 0.6 is 11.3 Å². The van der Waals surface area contributed by atoms with Crippen LogP contribution in [0.2, 0.25) is 0 Å². The third-order valence-electron chi connectivity index (χ3n) is 4.02. The summed E-state index contributed by atoms with van der Waals surface area (Å²) in [5.74, 6) is -0.136. The molecule has 0 atom stereocenters. The Bertz CT molecular complexity index is 820. The largest absolute Gasteiger partial charge is 0.482 e. The van der Waals surface area contributed by atoms with Crippen molar-refractivity contribution in [2.24, 2.45) is 0 Å². The lowest BCUT2D eigenvalue weighted by atomic mass is 10.1. The molecule has 1 aliphatic heterocycles. The molecule has 8 heteroatoms. The number of ether oxygens (including phenoxy) is 3. The van der Waals surface area contributed by atoms with Crippen molar-refractivity contribution in [2.75, 3.05) is 38.4 Å². The molecule has 7 nitrogen and oxygen atoms in total. The van der Waals surface area contributed by atoms with Crippen molar-refractivity contribution >= 4 is 28.9 Å². The number of esters is 1. The maximum absolute atomic E-state index is 12.3. The number of carbonyl (C=O) groups excluding carboxylic acids is 2. The van der Waals surface area contributed by atoms with Gasteiger partial charge in [-0.15, -0.1) is 11.3 Å². The van der Waals surface area contributed by atoms with E-state index in [9.17, 15) is 9.59 Å². The molecule has 0 saturated carbocycles. The van der Waals surface area contributed by atoms with Crippen LogP contribution in [0.4, 0.5) is 5.69 Å². The Balaban J connectivity index is 1.83. The zero-order valence-electron chi connectivity index (χ0n) is 15.4. The van der Waals surface area contributed by atoms with Crippen LogP contribution in [0.25, 0.3) is 11.3 Å². The van der Waals surface area contributed by atoms with Gasteiger partial charge in [0.1, 0.15) is 12.3 Å². The lowest BCUT2D eigenvalue weighted by molar-refractivity contribution is -0.143. The molecular weight excluding hydrogens is 368 g/mol. The van der Waals surface area contributed by atoms with Gasteiger partial charge in [0, 0.05) is 24.5 Å². The lowest BCUT2D eigenvalue weighted by Crippen LogP contribution is -2.42. The normalized spacial score (nSPS) is 13.3. The van der Waals surface area contributed by atoms with E-state index >= 15 is 0 Å². The summed E-state index contributed by atoms with van der Waals surface area (Å²) in [4.78, 5) is 30.3. The molecule has 0 saturated heterocycles. The number of carbonyl (C=O) groups is 2. The second kappa shape index (κ2) is 8.96. The van der Waals surface area contributed by atoms with Crippen molar-refractivity contribution in [3.63, 3.8) is 0 Å². The highest BCUT2D eigenvalue weighted by Gasteiger charge is 2.28. The van der Waals surface area contributed by atoms with E-state index < -0.39 is 5.97 Å². The molecule has 1 aromatic carbocycles. The molecule has 1 aliphatic rings. The first-order chi connectivity index (χ1) is 13.1. The van der Waals surface area contributed by atoms with Crippen LogP contribution in [0, 0.1) is 0 Å². The van der Waals surface area contributed by atoms with Gasteiger partial charge in [0.25, 0.3) is 5.91 Å². The highest BCUT2D eigenvalue weighted by atomic mass is 32.1. The van der Waals surface area contributed by atoms with Gasteiger partial charge in [-0.25, -0.2) is 4.98 Å². The molecule has 0 N–H and O–H groups in total. The molecule has 0 radical (unpaired) electrons. The van der Waals surface area contributed by atoms with E-state index in [-0.39, 0.29) is 19.1 Å². The van der Waals surface area contributed by atoms with Gasteiger partial charge in [-0.3, -0.25) is 14.5 Å². The van der Waals surface area contributed by atoms with Crippen molar-refractivity contribution in [3.05, 3.63) is 28.6 Å². The van der Waals surface area contributed by atoms with Crippen LogP contribution in [0.5, 0.6) is 5.75 Å². The number of anilines is 1. The van der Waals surface area contributed by atoms with Crippen molar-refractivity contribution in [1.82, 2.24) is 4.98 Å². The molecule has 0 bridgehead atoms. The monoisotopic (exact) mass is 390 g/mol. The van der Waals surface area contributed by atoms with Gasteiger partial charge in [-0.2, -0.15) is 0 Å². The van der Waals surface area contributed by atoms with Crippen molar-refractivity contribution in [2.45, 2.75) is 19.8 Å². The molecule has 0 unspecified atom stereocenters. The Hall–Kier alpha value is -2.45. The number of hydrogen-bond acceptors (Lipinski definition) is 7. The molecular formula is C19H22N2O5S. The molecule has 1 amide bonds. The van der Waals surface area contributed by atoms with Crippen LogP contribution in [-0.2, 0) is 25.5 Å². The van der Waals surface area contributed by atoms with Crippen LogP contribution in [-0.4, -0.2) is 50.3 Å². The van der Waals surface area contributed by atoms with E-state index in [1.54, 1.807) is 24.5 Å². The maximum Gasteiger partial charge on any atom is 0.326 e. The Kier molecular flexibility index (Phi) is 6.41. The number of methoxy groups -OCH3 is 1. The number of benzene rings is 1. The summed E-state index contributed by atoms with van der Waals surface area (Å²) in [5.41, 5.74) is 2.24. The molecule has 2 heterocycles. The van der Waals surface area contributed by atoms with Gasteiger partial charge in [-0.05, 0) is 24.6 Å². The van der Waals surface area contributed by atoms with E-state index in [2.05, 4.69) is 4.98 Å². The van der Waals surface area contributed by atoms with Gasteiger partial charge in [0.2, 0.25) is 0 Å². The van der Waals surface area contributed by atoms with Gasteiger partial charge < -0.3 is 14.2 Å². The third-order valence-corrected chi connectivity index (χ3v) is 4.93. The molecule has 0 spiro atoms. The van der Waals surface area contributed by atoms with E-state index in [0.29, 0.717) is 24.7 Å². The topological polar surface area (TPSA) is 78.0 Å². The Labute approximate surface area is 161 Å². The van der Waals surface area contributed by atoms with Gasteiger partial charge in [0.05, 0.1) is 29.6 Å². The van der Waals surface area contributed by atoms with Gasteiger partial charge in [-0.1, -0.05) is 6.92 Å². The first-order valence-electron chi connectivity index (χ1n) is 8.79. The molecule has 0 fully saturated rings. The second-order valence-corrected chi connectivity index (χ2v) is 6.98. The minimum atomic E-state index is -0.432. The summed E-state index contributed by atoms with van der Waals surface area (Å²) in [7, 11) is 1.66. The molecule has 0 aliphatic carbocycles. The maximum atomic E-state index is 12.3. The van der Waals surface area contributed by atoms with Crippen molar-refractivity contribution < 1.29 is 23.8 Å². The van der Waals surface area contributed by atoms with Gasteiger partial charge >= 0.3 is 5.97 Å². The summed E-state index contributed by atoms with van der Waals surface area (Å²) in [6.07, 6.45) is 1.49. The fourth-order valence-electron chi connectivity index (χ4n) is 2.67. The van der Waals surface area contributed by atoms with Crippen LogP contribution < -0.4 is 9.64 Å². The Morgan fingerprint density at radius 2 is 2.22 bits per heavy atom. The second-order valence-electron chi connectivity index (χ2n) is 6.04. The fraction of sp³-hybridized carbons (Fsp3) is 0.421. The average molecular weight is 390 g/mol. The summed E-state index contributed by atoms with van der Waals surface area (Å²) in [5, 5.41) is 2.95. The van der Waals surface area contributed by atoms with Gasteiger partial charge in [0.15, 0.2) is 6.61 Å². The predicted octanol–water partition coefficient (Wildman–Crippen LogP) is 2.68. The Morgan fingerprint density at radius 3 is 3.00 bits per heavy atom. The summed E-state index contributed by atoms with van der Waals surface area (Å²) >= 11 is 1.57. The smallest absolute Gasteiger partial charge is 0.326 e. The number of nitrogens with zero attached hydrogens (tertiary/aromatic N) is 2. The standard InChI is InChI=1S/C19H22N2O5S/c1-3-7-25-19(23)10-21-15-9-13(4-5-16(15)26-11-18(21)22)14-12-27-17(20-14)6-8-24-2/h4-5,9,12H,3,6-8,10-11H2,1-2H3. The highest BCUT2D eigenvalue weighted by Crippen LogP contribution is 2.36. The van der Waals surface area contributed by atoms with E-state index in [1.165, 1.54) is 4.90 Å².